The molecule has 0 bridgehead atoms. The van der Waals surface area contributed by atoms with Crippen LogP contribution >= 0.6 is 22.9 Å². The Hall–Kier alpha value is -1.20. The van der Waals surface area contributed by atoms with E-state index in [0.29, 0.717) is 0 Å². The number of rotatable bonds is 5. The van der Waals surface area contributed by atoms with Crippen molar-refractivity contribution in [3.05, 3.63) is 27.0 Å². The lowest BCUT2D eigenvalue weighted by molar-refractivity contribution is 0.726. The zero-order valence-corrected chi connectivity index (χ0v) is 13.0. The molecular formula is C13H19ClN4S. The normalized spacial score (nSPS) is 12.6. The van der Waals surface area contributed by atoms with Gasteiger partial charge in [-0.05, 0) is 25.5 Å². The third-order valence-electron chi connectivity index (χ3n) is 3.02. The van der Waals surface area contributed by atoms with Crippen LogP contribution in [0, 0.1) is 0 Å². The van der Waals surface area contributed by atoms with Crippen LogP contribution in [0.5, 0.6) is 0 Å². The Morgan fingerprint density at radius 3 is 2.84 bits per heavy atom. The first-order valence-electron chi connectivity index (χ1n) is 6.36. The highest BCUT2D eigenvalue weighted by atomic mass is 35.5. The summed E-state index contributed by atoms with van der Waals surface area (Å²) in [6.45, 7) is 4.21. The molecule has 6 heteroatoms. The summed E-state index contributed by atoms with van der Waals surface area (Å²) in [6, 6.07) is 4.10. The van der Waals surface area contributed by atoms with Crippen molar-refractivity contribution in [2.75, 3.05) is 11.1 Å². The molecule has 3 N–H and O–H groups in total. The molecule has 0 radical (unpaired) electrons. The second kappa shape index (κ2) is 5.84. The zero-order chi connectivity index (χ0) is 14.0. The standard InChI is InChI=1S/C13H19ClN4S/c1-4-5-9-12(15)13(18(3)17-9)16-8(2)10-6-7-11(14)19-10/h6-8,16H,4-5,15H2,1-3H3. The molecule has 19 heavy (non-hydrogen) atoms. The molecule has 2 heterocycles. The first kappa shape index (κ1) is 14.2. The number of nitrogens with two attached hydrogens (primary N) is 1. The predicted molar refractivity (Wildman–Crippen MR) is 83.0 cm³/mol. The van der Waals surface area contributed by atoms with Gasteiger partial charge in [0.15, 0.2) is 0 Å². The Labute approximate surface area is 122 Å². The SMILES string of the molecule is CCCc1nn(C)c(NC(C)c2ccc(Cl)s2)c1N. The maximum absolute atomic E-state index is 6.15. The molecule has 104 valence electrons. The highest BCUT2D eigenvalue weighted by Gasteiger charge is 2.16. The summed E-state index contributed by atoms with van der Waals surface area (Å²) in [5, 5.41) is 7.87. The number of aromatic nitrogens is 2. The molecule has 0 aromatic carbocycles. The first-order chi connectivity index (χ1) is 9.02. The minimum Gasteiger partial charge on any atom is -0.394 e. The summed E-state index contributed by atoms with van der Waals surface area (Å²) in [6.07, 6.45) is 1.94. The average Bonchev–Trinajstić information content (AvgIpc) is 2.90. The van der Waals surface area contributed by atoms with Crippen molar-refractivity contribution in [2.24, 2.45) is 7.05 Å². The van der Waals surface area contributed by atoms with Gasteiger partial charge in [0.1, 0.15) is 5.82 Å². The molecule has 2 aromatic rings. The van der Waals surface area contributed by atoms with E-state index in [9.17, 15) is 0 Å². The van der Waals surface area contributed by atoms with Crippen LogP contribution in [0.2, 0.25) is 4.34 Å². The number of hydrogen-bond acceptors (Lipinski definition) is 4. The zero-order valence-electron chi connectivity index (χ0n) is 11.4. The predicted octanol–water partition coefficient (Wildman–Crippen LogP) is 3.84. The van der Waals surface area contributed by atoms with Crippen molar-refractivity contribution in [3.8, 4) is 0 Å². The summed E-state index contributed by atoms with van der Waals surface area (Å²) in [4.78, 5) is 1.18. The highest BCUT2D eigenvalue weighted by Crippen LogP contribution is 2.31. The van der Waals surface area contributed by atoms with Crippen LogP contribution in [0.15, 0.2) is 12.1 Å². The van der Waals surface area contributed by atoms with E-state index < -0.39 is 0 Å². The number of anilines is 2. The largest absolute Gasteiger partial charge is 0.394 e. The Kier molecular flexibility index (Phi) is 4.37. The maximum Gasteiger partial charge on any atom is 0.148 e. The second-order valence-corrected chi connectivity index (χ2v) is 6.34. The minimum absolute atomic E-state index is 0.157. The van der Waals surface area contributed by atoms with Crippen LogP contribution in [0.4, 0.5) is 11.5 Å². The van der Waals surface area contributed by atoms with E-state index in [2.05, 4.69) is 24.3 Å². The monoisotopic (exact) mass is 298 g/mol. The van der Waals surface area contributed by atoms with Gasteiger partial charge < -0.3 is 11.1 Å². The van der Waals surface area contributed by atoms with E-state index in [1.54, 1.807) is 11.3 Å². The summed E-state index contributed by atoms with van der Waals surface area (Å²) in [7, 11) is 1.91. The topological polar surface area (TPSA) is 55.9 Å². The van der Waals surface area contributed by atoms with Gasteiger partial charge in [-0.1, -0.05) is 24.9 Å². The molecule has 4 nitrogen and oxygen atoms in total. The van der Waals surface area contributed by atoms with Gasteiger partial charge in [0.2, 0.25) is 0 Å². The van der Waals surface area contributed by atoms with Crippen LogP contribution in [-0.2, 0) is 13.5 Å². The lowest BCUT2D eigenvalue weighted by Crippen LogP contribution is -2.10. The number of halogens is 1. The molecule has 2 aromatic heterocycles. The van der Waals surface area contributed by atoms with Crippen molar-refractivity contribution < 1.29 is 0 Å². The summed E-state index contributed by atoms with van der Waals surface area (Å²) in [5.41, 5.74) is 7.86. The minimum atomic E-state index is 0.157. The van der Waals surface area contributed by atoms with Gasteiger partial charge >= 0.3 is 0 Å². The van der Waals surface area contributed by atoms with Crippen LogP contribution in [0.1, 0.15) is 36.9 Å². The number of thiophene rings is 1. The fourth-order valence-electron chi connectivity index (χ4n) is 2.03. The van der Waals surface area contributed by atoms with E-state index >= 15 is 0 Å². The quantitative estimate of drug-likeness (QED) is 0.881. The van der Waals surface area contributed by atoms with Crippen molar-refractivity contribution >= 4 is 34.4 Å². The molecule has 0 aliphatic carbocycles. The van der Waals surface area contributed by atoms with E-state index in [1.807, 2.05) is 23.9 Å². The molecule has 0 saturated heterocycles. The number of nitrogens with zero attached hydrogens (tertiary/aromatic N) is 2. The van der Waals surface area contributed by atoms with Gasteiger partial charge in [-0.3, -0.25) is 4.68 Å². The van der Waals surface area contributed by atoms with Crippen LogP contribution in [0.3, 0.4) is 0 Å². The van der Waals surface area contributed by atoms with Gasteiger partial charge in [0, 0.05) is 11.9 Å². The summed E-state index contributed by atoms with van der Waals surface area (Å²) in [5.74, 6) is 0.875. The molecule has 1 unspecified atom stereocenters. The van der Waals surface area contributed by atoms with Crippen molar-refractivity contribution in [1.82, 2.24) is 9.78 Å². The summed E-state index contributed by atoms with van der Waals surface area (Å²) >= 11 is 7.54. The van der Waals surface area contributed by atoms with Crippen molar-refractivity contribution in [3.63, 3.8) is 0 Å². The first-order valence-corrected chi connectivity index (χ1v) is 7.55. The van der Waals surface area contributed by atoms with E-state index in [0.717, 1.165) is 34.4 Å². The molecule has 1 atom stereocenters. The molecule has 0 spiro atoms. The van der Waals surface area contributed by atoms with E-state index in [4.69, 9.17) is 17.3 Å². The molecule has 0 amide bonds. The molecular weight excluding hydrogens is 280 g/mol. The smallest absolute Gasteiger partial charge is 0.148 e. The number of aryl methyl sites for hydroxylation is 2. The van der Waals surface area contributed by atoms with Crippen molar-refractivity contribution in [2.45, 2.75) is 32.7 Å². The lowest BCUT2D eigenvalue weighted by atomic mass is 10.2. The Morgan fingerprint density at radius 1 is 1.53 bits per heavy atom. The maximum atomic E-state index is 6.15. The Balaban J connectivity index is 2.19. The number of nitrogens with one attached hydrogen (secondary N) is 1. The fourth-order valence-corrected chi connectivity index (χ4v) is 3.09. The number of hydrogen-bond donors (Lipinski definition) is 2. The third-order valence-corrected chi connectivity index (χ3v) is 4.43. The Bertz CT molecular complexity index is 561. The highest BCUT2D eigenvalue weighted by molar-refractivity contribution is 7.16. The molecule has 0 fully saturated rings. The van der Waals surface area contributed by atoms with Crippen LogP contribution in [-0.4, -0.2) is 9.78 Å². The lowest BCUT2D eigenvalue weighted by Gasteiger charge is -2.14. The average molecular weight is 299 g/mol. The third kappa shape index (κ3) is 3.04. The van der Waals surface area contributed by atoms with Gasteiger partial charge in [-0.25, -0.2) is 0 Å². The molecule has 0 aliphatic rings. The second-order valence-electron chi connectivity index (χ2n) is 4.59. The number of nitrogen functional groups attached to an aromatic ring is 1. The molecule has 0 saturated carbocycles. The van der Waals surface area contributed by atoms with E-state index in [-0.39, 0.29) is 6.04 Å². The summed E-state index contributed by atoms with van der Waals surface area (Å²) < 4.78 is 2.61. The van der Waals surface area contributed by atoms with Gasteiger partial charge in [0.25, 0.3) is 0 Å². The van der Waals surface area contributed by atoms with Gasteiger partial charge in [0.05, 0.1) is 21.8 Å². The fraction of sp³-hybridized carbons (Fsp3) is 0.462. The van der Waals surface area contributed by atoms with Gasteiger partial charge in [-0.2, -0.15) is 5.10 Å². The van der Waals surface area contributed by atoms with Gasteiger partial charge in [-0.15, -0.1) is 11.3 Å². The molecule has 0 aliphatic heterocycles. The van der Waals surface area contributed by atoms with Crippen LogP contribution < -0.4 is 11.1 Å². The molecule has 2 rings (SSSR count). The van der Waals surface area contributed by atoms with Crippen LogP contribution in [0.25, 0.3) is 0 Å². The van der Waals surface area contributed by atoms with E-state index in [1.165, 1.54) is 4.88 Å². The van der Waals surface area contributed by atoms with Crippen molar-refractivity contribution in [1.29, 1.82) is 0 Å². The Morgan fingerprint density at radius 2 is 2.26 bits per heavy atom.